The lowest BCUT2D eigenvalue weighted by atomic mass is 10.1. The molecule has 4 aromatic rings. The number of fused-ring (bicyclic) bond motifs is 4. The van der Waals surface area contributed by atoms with E-state index in [1.54, 1.807) is 23.2 Å². The number of rotatable bonds is 2. The first kappa shape index (κ1) is 16.7. The van der Waals surface area contributed by atoms with E-state index in [1.165, 1.54) is 0 Å². The third kappa shape index (κ3) is 2.29. The van der Waals surface area contributed by atoms with Gasteiger partial charge in [0.25, 0.3) is 5.91 Å². The Balaban J connectivity index is 1.66. The van der Waals surface area contributed by atoms with Gasteiger partial charge in [0, 0.05) is 31.5 Å². The van der Waals surface area contributed by atoms with E-state index in [2.05, 4.69) is 9.97 Å². The van der Waals surface area contributed by atoms with Crippen LogP contribution in [-0.4, -0.2) is 31.6 Å². The number of amides is 1. The predicted octanol–water partition coefficient (Wildman–Crippen LogP) is 2.73. The Bertz CT molecular complexity index is 1320. The van der Waals surface area contributed by atoms with Crippen molar-refractivity contribution in [3.05, 3.63) is 64.1 Å². The summed E-state index contributed by atoms with van der Waals surface area (Å²) in [5, 5.41) is 0.464. The van der Waals surface area contributed by atoms with Crippen LogP contribution in [0.2, 0.25) is 0 Å². The van der Waals surface area contributed by atoms with Gasteiger partial charge in [-0.15, -0.1) is 0 Å². The number of carbonyl (C=O) groups excluding carboxylic acids is 1. The van der Waals surface area contributed by atoms with Crippen molar-refractivity contribution >= 4 is 33.9 Å². The molecular formula is C21H19N5O2. The van der Waals surface area contributed by atoms with Crippen molar-refractivity contribution in [2.24, 2.45) is 0 Å². The number of imidazole rings is 1. The van der Waals surface area contributed by atoms with E-state index in [0.717, 1.165) is 16.7 Å². The maximum absolute atomic E-state index is 13.3. The molecule has 7 heteroatoms. The molecule has 1 amide bonds. The molecule has 140 valence electrons. The van der Waals surface area contributed by atoms with Crippen LogP contribution in [0.15, 0.2) is 47.4 Å². The zero-order valence-electron chi connectivity index (χ0n) is 15.7. The lowest BCUT2D eigenvalue weighted by molar-refractivity contribution is 0.0987. The summed E-state index contributed by atoms with van der Waals surface area (Å²) in [5.41, 5.74) is 3.16. The van der Waals surface area contributed by atoms with Gasteiger partial charge in [0.05, 0.1) is 16.4 Å². The van der Waals surface area contributed by atoms with Gasteiger partial charge in [-0.25, -0.2) is 9.97 Å². The van der Waals surface area contributed by atoms with Crippen LogP contribution >= 0.6 is 0 Å². The van der Waals surface area contributed by atoms with E-state index in [9.17, 15) is 9.59 Å². The topological polar surface area (TPSA) is 73.0 Å². The van der Waals surface area contributed by atoms with Crippen molar-refractivity contribution in [3.63, 3.8) is 0 Å². The molecule has 0 aliphatic carbocycles. The van der Waals surface area contributed by atoms with Gasteiger partial charge >= 0.3 is 0 Å². The molecule has 0 unspecified atom stereocenters. The van der Waals surface area contributed by atoms with Gasteiger partial charge in [-0.1, -0.05) is 12.1 Å². The fourth-order valence-electron chi connectivity index (χ4n) is 3.88. The third-order valence-electron chi connectivity index (χ3n) is 5.30. The smallest absolute Gasteiger partial charge is 0.266 e. The molecule has 0 spiro atoms. The summed E-state index contributed by atoms with van der Waals surface area (Å²) in [4.78, 5) is 37.1. The first-order valence-electron chi connectivity index (χ1n) is 9.36. The quantitative estimate of drug-likeness (QED) is 0.542. The highest BCUT2D eigenvalue weighted by molar-refractivity contribution is 6.07. The molecule has 1 aliphatic heterocycles. The Morgan fingerprint density at radius 2 is 1.93 bits per heavy atom. The van der Waals surface area contributed by atoms with E-state index in [-0.39, 0.29) is 16.9 Å². The molecule has 0 atom stereocenters. The molecule has 0 saturated carbocycles. The average Bonchev–Trinajstić information content (AvgIpc) is 3.27. The van der Waals surface area contributed by atoms with Gasteiger partial charge in [0.2, 0.25) is 11.4 Å². The van der Waals surface area contributed by atoms with Crippen molar-refractivity contribution < 1.29 is 4.79 Å². The number of aryl methyl sites for hydroxylation is 2. The summed E-state index contributed by atoms with van der Waals surface area (Å²) in [6, 6.07) is 11.4. The van der Waals surface area contributed by atoms with Crippen LogP contribution in [0, 0.1) is 6.92 Å². The van der Waals surface area contributed by atoms with Crippen molar-refractivity contribution in [2.75, 3.05) is 11.4 Å². The number of hydrogen-bond donors (Lipinski definition) is 0. The summed E-state index contributed by atoms with van der Waals surface area (Å²) in [7, 11) is 0. The largest absolute Gasteiger partial charge is 0.332 e. The number of hydrogen-bond acceptors (Lipinski definition) is 4. The van der Waals surface area contributed by atoms with Crippen LogP contribution in [0.4, 0.5) is 5.95 Å². The molecule has 0 saturated heterocycles. The first-order valence-corrected chi connectivity index (χ1v) is 9.36. The van der Waals surface area contributed by atoms with Gasteiger partial charge in [0.1, 0.15) is 11.2 Å². The molecule has 0 fully saturated rings. The Kier molecular flexibility index (Phi) is 3.58. The monoisotopic (exact) mass is 373 g/mol. The second kappa shape index (κ2) is 6.02. The third-order valence-corrected chi connectivity index (χ3v) is 5.30. The highest BCUT2D eigenvalue weighted by Gasteiger charge is 2.31. The summed E-state index contributed by atoms with van der Waals surface area (Å²) < 4.78 is 3.88. The standard InChI is InChI=1S/C21H19N5O2/c1-3-24-12-15(18(27)14-9-8-13(2)22-19(14)24)20(28)26-11-10-25-17-7-5-4-6-16(17)23-21(25)26/h4-9,12H,3,10-11H2,1-2H3. The number of para-hydroxylation sites is 2. The van der Waals surface area contributed by atoms with E-state index in [1.807, 2.05) is 47.2 Å². The molecule has 4 heterocycles. The maximum Gasteiger partial charge on any atom is 0.266 e. The second-order valence-electron chi connectivity index (χ2n) is 6.99. The Morgan fingerprint density at radius 1 is 1.11 bits per heavy atom. The summed E-state index contributed by atoms with van der Waals surface area (Å²) in [6.45, 7) is 5.64. The average molecular weight is 373 g/mol. The van der Waals surface area contributed by atoms with Gasteiger partial charge in [-0.2, -0.15) is 0 Å². The fraction of sp³-hybridized carbons (Fsp3) is 0.238. The summed E-state index contributed by atoms with van der Waals surface area (Å²) in [6.07, 6.45) is 1.63. The van der Waals surface area contributed by atoms with Gasteiger partial charge in [0.15, 0.2) is 0 Å². The molecular weight excluding hydrogens is 354 g/mol. The van der Waals surface area contributed by atoms with E-state index >= 15 is 0 Å². The lowest BCUT2D eigenvalue weighted by Crippen LogP contribution is -2.34. The van der Waals surface area contributed by atoms with Crippen LogP contribution in [-0.2, 0) is 13.1 Å². The highest BCUT2D eigenvalue weighted by atomic mass is 16.2. The molecule has 1 aliphatic rings. The molecule has 0 N–H and O–H groups in total. The van der Waals surface area contributed by atoms with Crippen molar-refractivity contribution in [2.45, 2.75) is 26.9 Å². The van der Waals surface area contributed by atoms with Crippen LogP contribution in [0.5, 0.6) is 0 Å². The zero-order chi connectivity index (χ0) is 19.4. The fourth-order valence-corrected chi connectivity index (χ4v) is 3.88. The molecule has 28 heavy (non-hydrogen) atoms. The Labute approximate surface area is 160 Å². The molecule has 0 bridgehead atoms. The van der Waals surface area contributed by atoms with Crippen molar-refractivity contribution in [1.82, 2.24) is 19.1 Å². The minimum atomic E-state index is -0.316. The van der Waals surface area contributed by atoms with Crippen molar-refractivity contribution in [3.8, 4) is 0 Å². The Hall–Kier alpha value is -3.48. The summed E-state index contributed by atoms with van der Waals surface area (Å²) >= 11 is 0. The number of aromatic nitrogens is 4. The number of benzene rings is 1. The van der Waals surface area contributed by atoms with Crippen LogP contribution in [0.25, 0.3) is 22.1 Å². The second-order valence-corrected chi connectivity index (χ2v) is 6.99. The van der Waals surface area contributed by atoms with Crippen molar-refractivity contribution in [1.29, 1.82) is 0 Å². The zero-order valence-corrected chi connectivity index (χ0v) is 15.7. The molecule has 1 aromatic carbocycles. The summed E-state index contributed by atoms with van der Waals surface area (Å²) in [5.74, 6) is 0.277. The highest BCUT2D eigenvalue weighted by Crippen LogP contribution is 2.28. The number of anilines is 1. The van der Waals surface area contributed by atoms with Gasteiger partial charge < -0.3 is 9.13 Å². The number of nitrogens with zero attached hydrogens (tertiary/aromatic N) is 5. The molecule has 7 nitrogen and oxygen atoms in total. The number of pyridine rings is 2. The van der Waals surface area contributed by atoms with Gasteiger partial charge in [-0.3, -0.25) is 14.5 Å². The molecule has 3 aromatic heterocycles. The van der Waals surface area contributed by atoms with E-state index in [0.29, 0.717) is 36.6 Å². The normalized spacial score (nSPS) is 13.4. The van der Waals surface area contributed by atoms with E-state index in [4.69, 9.17) is 0 Å². The first-order chi connectivity index (χ1) is 13.6. The minimum absolute atomic E-state index is 0.153. The SMILES string of the molecule is CCn1cc(C(=O)N2CCn3c2nc2ccccc23)c(=O)c2ccc(C)nc21. The minimum Gasteiger partial charge on any atom is -0.332 e. The van der Waals surface area contributed by atoms with Crippen LogP contribution in [0.1, 0.15) is 23.0 Å². The molecule has 5 rings (SSSR count). The van der Waals surface area contributed by atoms with Crippen LogP contribution in [0.3, 0.4) is 0 Å². The predicted molar refractivity (Wildman–Crippen MR) is 108 cm³/mol. The Morgan fingerprint density at radius 3 is 2.75 bits per heavy atom. The number of carbonyl (C=O) groups is 1. The lowest BCUT2D eigenvalue weighted by Gasteiger charge is -2.16. The van der Waals surface area contributed by atoms with Gasteiger partial charge in [-0.05, 0) is 38.1 Å². The van der Waals surface area contributed by atoms with Crippen LogP contribution < -0.4 is 10.3 Å². The molecule has 0 radical (unpaired) electrons. The maximum atomic E-state index is 13.3. The van der Waals surface area contributed by atoms with E-state index < -0.39 is 0 Å².